The molecule has 9 nitrogen and oxygen atoms in total. The van der Waals surface area contributed by atoms with Crippen molar-refractivity contribution in [1.82, 2.24) is 24.9 Å². The van der Waals surface area contributed by atoms with Crippen LogP contribution in [-0.2, 0) is 4.74 Å². The van der Waals surface area contributed by atoms with Gasteiger partial charge in [-0.2, -0.15) is 10.2 Å². The molecule has 4 N–H and O–H groups in total. The zero-order valence-electron chi connectivity index (χ0n) is 21.3. The van der Waals surface area contributed by atoms with E-state index in [0.717, 1.165) is 54.1 Å². The van der Waals surface area contributed by atoms with Gasteiger partial charge in [-0.15, -0.1) is 0 Å². The van der Waals surface area contributed by atoms with E-state index in [1.165, 1.54) is 12.1 Å². The van der Waals surface area contributed by atoms with Gasteiger partial charge in [-0.25, -0.2) is 18.3 Å². The normalized spacial score (nSPS) is 15.2. The van der Waals surface area contributed by atoms with Crippen LogP contribution in [0, 0.1) is 18.6 Å². The first-order valence-corrected chi connectivity index (χ1v) is 12.2. The first-order valence-electron chi connectivity index (χ1n) is 12.2. The van der Waals surface area contributed by atoms with Crippen LogP contribution in [0.15, 0.2) is 60.9 Å². The highest BCUT2D eigenvalue weighted by molar-refractivity contribution is 5.89. The summed E-state index contributed by atoms with van der Waals surface area (Å²) in [5, 5.41) is 13.9. The van der Waals surface area contributed by atoms with Crippen LogP contribution < -0.4 is 11.1 Å². The number of benzene rings is 2. The summed E-state index contributed by atoms with van der Waals surface area (Å²) in [4.78, 5) is 13.5. The molecule has 1 fully saturated rings. The monoisotopic (exact) mass is 523 g/mol. The molecule has 0 spiro atoms. The molecule has 2 amide bonds. The number of aromatic amines is 1. The number of ether oxygens (including phenoxy) is 1. The number of H-pyrrole nitrogens is 1. The highest BCUT2D eigenvalue weighted by Gasteiger charge is 2.24. The molecule has 2 aromatic carbocycles. The SMILES string of the molecule is COCCN1CCC(c2ccc(F)c(F)c2)C1.Cc1c(-c2cn[nH]c2)nn(-c2ccccc2)c1NC(N)=O. The van der Waals surface area contributed by atoms with E-state index in [9.17, 15) is 13.6 Å². The van der Waals surface area contributed by atoms with Crippen molar-refractivity contribution >= 4 is 11.8 Å². The highest BCUT2D eigenvalue weighted by atomic mass is 19.2. The number of methoxy groups -OCH3 is 1. The Bertz CT molecular complexity index is 1340. The van der Waals surface area contributed by atoms with E-state index in [-0.39, 0.29) is 0 Å². The number of carbonyl (C=O) groups excluding carboxylic acids is 1. The smallest absolute Gasteiger partial charge is 0.317 e. The molecule has 0 radical (unpaired) electrons. The maximum atomic E-state index is 13.1. The van der Waals surface area contributed by atoms with Crippen molar-refractivity contribution in [3.8, 4) is 16.9 Å². The number of hydrogen-bond donors (Lipinski definition) is 3. The van der Waals surface area contributed by atoms with E-state index >= 15 is 0 Å². The van der Waals surface area contributed by atoms with Crippen LogP contribution in [-0.4, -0.2) is 64.3 Å². The molecular formula is C27H31F2N7O2. The van der Waals surface area contributed by atoms with Crippen molar-refractivity contribution in [1.29, 1.82) is 0 Å². The first kappa shape index (κ1) is 27.0. The third-order valence-corrected chi connectivity index (χ3v) is 6.44. The number of carbonyl (C=O) groups is 1. The lowest BCUT2D eigenvalue weighted by molar-refractivity contribution is 0.160. The van der Waals surface area contributed by atoms with Gasteiger partial charge in [0.25, 0.3) is 0 Å². The summed E-state index contributed by atoms with van der Waals surface area (Å²) >= 11 is 0. The summed E-state index contributed by atoms with van der Waals surface area (Å²) in [5.41, 5.74) is 9.38. The fraction of sp³-hybridized carbons (Fsp3) is 0.296. The maximum Gasteiger partial charge on any atom is 0.317 e. The minimum atomic E-state index is -0.775. The summed E-state index contributed by atoms with van der Waals surface area (Å²) in [6.45, 7) is 5.38. The van der Waals surface area contributed by atoms with Crippen LogP contribution in [0.4, 0.5) is 19.4 Å². The minimum absolute atomic E-state index is 0.307. The number of urea groups is 1. The quantitative estimate of drug-likeness (QED) is 0.331. The van der Waals surface area contributed by atoms with Crippen LogP contribution in [0.1, 0.15) is 23.5 Å². The predicted octanol–water partition coefficient (Wildman–Crippen LogP) is 4.46. The Kier molecular flexibility index (Phi) is 8.82. The van der Waals surface area contributed by atoms with E-state index in [1.807, 2.05) is 37.3 Å². The fourth-order valence-corrected chi connectivity index (χ4v) is 4.46. The zero-order chi connectivity index (χ0) is 27.1. The molecule has 0 aliphatic carbocycles. The topological polar surface area (TPSA) is 114 Å². The van der Waals surface area contributed by atoms with Gasteiger partial charge in [-0.05, 0) is 55.6 Å². The molecule has 4 aromatic rings. The van der Waals surface area contributed by atoms with E-state index in [4.69, 9.17) is 10.5 Å². The third kappa shape index (κ3) is 6.42. The number of rotatable bonds is 7. The lowest BCUT2D eigenvalue weighted by Gasteiger charge is -2.15. The number of aromatic nitrogens is 4. The van der Waals surface area contributed by atoms with Crippen LogP contribution >= 0.6 is 0 Å². The Morgan fingerprint density at radius 2 is 2.00 bits per heavy atom. The molecule has 5 rings (SSSR count). The largest absolute Gasteiger partial charge is 0.383 e. The Balaban J connectivity index is 0.000000181. The van der Waals surface area contributed by atoms with Gasteiger partial charge in [-0.1, -0.05) is 24.3 Å². The van der Waals surface area contributed by atoms with Crippen LogP contribution in [0.3, 0.4) is 0 Å². The fourth-order valence-electron chi connectivity index (χ4n) is 4.46. The summed E-state index contributed by atoms with van der Waals surface area (Å²) < 4.78 is 32.6. The molecule has 3 heterocycles. The van der Waals surface area contributed by atoms with Crippen molar-refractivity contribution in [3.63, 3.8) is 0 Å². The summed E-state index contributed by atoms with van der Waals surface area (Å²) in [5.74, 6) is -0.673. The molecular weight excluding hydrogens is 492 g/mol. The van der Waals surface area contributed by atoms with Crippen molar-refractivity contribution in [2.45, 2.75) is 19.3 Å². The Morgan fingerprint density at radius 1 is 1.21 bits per heavy atom. The van der Waals surface area contributed by atoms with Crippen molar-refractivity contribution in [2.24, 2.45) is 5.73 Å². The molecule has 2 aromatic heterocycles. The molecule has 1 saturated heterocycles. The van der Waals surface area contributed by atoms with E-state index in [1.54, 1.807) is 30.3 Å². The average molecular weight is 524 g/mol. The van der Waals surface area contributed by atoms with Gasteiger partial charge < -0.3 is 15.4 Å². The van der Waals surface area contributed by atoms with Crippen LogP contribution in [0.5, 0.6) is 0 Å². The molecule has 1 atom stereocenters. The van der Waals surface area contributed by atoms with Crippen LogP contribution in [0.2, 0.25) is 0 Å². The van der Waals surface area contributed by atoms with E-state index < -0.39 is 17.7 Å². The van der Waals surface area contributed by atoms with E-state index in [2.05, 4.69) is 25.5 Å². The molecule has 1 aliphatic rings. The molecule has 0 saturated carbocycles. The lowest BCUT2D eigenvalue weighted by Crippen LogP contribution is -2.24. The standard InChI is InChI=1S/C14H14N6O.C13H17F2NO/c1-9-12(10-7-16-17-8-10)19-20(13(9)18-14(15)21)11-5-3-2-4-6-11;1-17-7-6-16-5-4-11(9-16)10-2-3-12(14)13(15)8-10/h2-8H,1H3,(H,16,17)(H3,15,18,21);2-3,8,11H,4-7,9H2,1H3. The number of amides is 2. The second kappa shape index (κ2) is 12.4. The first-order chi connectivity index (χ1) is 18.4. The van der Waals surface area contributed by atoms with Crippen LogP contribution in [0.25, 0.3) is 16.9 Å². The summed E-state index contributed by atoms with van der Waals surface area (Å²) in [6.07, 6.45) is 4.42. The maximum absolute atomic E-state index is 13.1. The van der Waals surface area contributed by atoms with Crippen molar-refractivity contribution < 1.29 is 18.3 Å². The Morgan fingerprint density at radius 3 is 2.66 bits per heavy atom. The predicted molar refractivity (Wildman–Crippen MR) is 141 cm³/mol. The molecule has 0 bridgehead atoms. The zero-order valence-corrected chi connectivity index (χ0v) is 21.3. The minimum Gasteiger partial charge on any atom is -0.383 e. The molecule has 11 heteroatoms. The molecule has 38 heavy (non-hydrogen) atoms. The second-order valence-corrected chi connectivity index (χ2v) is 9.00. The number of nitrogens with one attached hydrogen (secondary N) is 2. The van der Waals surface area contributed by atoms with Gasteiger partial charge in [0.1, 0.15) is 11.5 Å². The summed E-state index contributed by atoms with van der Waals surface area (Å²) in [7, 11) is 1.68. The number of anilines is 1. The molecule has 1 aliphatic heterocycles. The average Bonchev–Trinajstić information content (AvgIpc) is 3.67. The van der Waals surface area contributed by atoms with Crippen molar-refractivity contribution in [2.75, 3.05) is 38.7 Å². The van der Waals surface area contributed by atoms with Gasteiger partial charge in [0.05, 0.1) is 18.5 Å². The van der Waals surface area contributed by atoms with Gasteiger partial charge in [0, 0.05) is 37.5 Å². The van der Waals surface area contributed by atoms with Gasteiger partial charge in [0.2, 0.25) is 0 Å². The van der Waals surface area contributed by atoms with Gasteiger partial charge >= 0.3 is 6.03 Å². The molecule has 200 valence electrons. The van der Waals surface area contributed by atoms with E-state index in [0.29, 0.717) is 18.3 Å². The number of primary amides is 1. The number of hydrogen-bond acceptors (Lipinski definition) is 5. The number of likely N-dealkylation sites (tertiary alicyclic amines) is 1. The number of halogens is 2. The number of nitrogens with two attached hydrogens (primary N) is 1. The Labute approximate surface area is 219 Å². The number of nitrogens with zero attached hydrogens (tertiary/aromatic N) is 4. The summed E-state index contributed by atoms with van der Waals surface area (Å²) in [6, 6.07) is 13.1. The molecule has 1 unspecified atom stereocenters. The van der Waals surface area contributed by atoms with Gasteiger partial charge in [-0.3, -0.25) is 10.4 Å². The lowest BCUT2D eigenvalue weighted by atomic mass is 9.98. The number of para-hydroxylation sites is 1. The Hall–Kier alpha value is -4.09. The van der Waals surface area contributed by atoms with Gasteiger partial charge in [0.15, 0.2) is 11.6 Å². The highest BCUT2D eigenvalue weighted by Crippen LogP contribution is 2.30. The third-order valence-electron chi connectivity index (χ3n) is 6.44. The second-order valence-electron chi connectivity index (χ2n) is 9.00. The van der Waals surface area contributed by atoms with Crippen molar-refractivity contribution in [3.05, 3.63) is 83.7 Å².